The van der Waals surface area contributed by atoms with E-state index in [1.807, 2.05) is 31.2 Å². The first-order valence-electron chi connectivity index (χ1n) is 7.66. The molecule has 1 atom stereocenters. The number of amides is 1. The van der Waals surface area contributed by atoms with Crippen LogP contribution in [-0.4, -0.2) is 24.8 Å². The number of rotatable bonds is 7. The summed E-state index contributed by atoms with van der Waals surface area (Å²) in [6.07, 6.45) is 1.46. The first-order valence-corrected chi connectivity index (χ1v) is 7.66. The second-order valence-electron chi connectivity index (χ2n) is 5.11. The third kappa shape index (κ3) is 5.39. The quantitative estimate of drug-likeness (QED) is 0.606. The summed E-state index contributed by atoms with van der Waals surface area (Å²) in [6, 6.07) is 12.7. The summed E-state index contributed by atoms with van der Waals surface area (Å²) in [7, 11) is 0. The molecule has 0 aliphatic rings. The number of nitrogens with one attached hydrogen (secondary N) is 2. The van der Waals surface area contributed by atoms with E-state index >= 15 is 0 Å². The molecule has 0 bridgehead atoms. The molecular formula is C18H20FN3O2. The summed E-state index contributed by atoms with van der Waals surface area (Å²) in [5.74, 6) is 0.190. The van der Waals surface area contributed by atoms with Gasteiger partial charge in [0.1, 0.15) is 17.6 Å². The lowest BCUT2D eigenvalue weighted by atomic mass is 10.2. The van der Waals surface area contributed by atoms with Crippen molar-refractivity contribution in [1.29, 1.82) is 0 Å². The van der Waals surface area contributed by atoms with Crippen LogP contribution in [0, 0.1) is 5.82 Å². The molecule has 0 spiro atoms. The second-order valence-corrected chi connectivity index (χ2v) is 5.11. The van der Waals surface area contributed by atoms with Gasteiger partial charge in [0.05, 0.1) is 12.8 Å². The summed E-state index contributed by atoms with van der Waals surface area (Å²) in [5.41, 5.74) is 3.95. The number of hydrogen-bond donors (Lipinski definition) is 2. The van der Waals surface area contributed by atoms with Gasteiger partial charge in [0.25, 0.3) is 5.91 Å². The summed E-state index contributed by atoms with van der Waals surface area (Å²) >= 11 is 0. The van der Waals surface area contributed by atoms with E-state index in [0.29, 0.717) is 12.2 Å². The number of halogens is 1. The fourth-order valence-corrected chi connectivity index (χ4v) is 1.95. The summed E-state index contributed by atoms with van der Waals surface area (Å²) in [5, 5.41) is 6.94. The zero-order valence-electron chi connectivity index (χ0n) is 13.6. The number of hydrogen-bond acceptors (Lipinski definition) is 4. The van der Waals surface area contributed by atoms with E-state index in [0.717, 1.165) is 11.4 Å². The van der Waals surface area contributed by atoms with Crippen LogP contribution in [0.5, 0.6) is 5.75 Å². The van der Waals surface area contributed by atoms with Crippen molar-refractivity contribution < 1.29 is 13.9 Å². The fourth-order valence-electron chi connectivity index (χ4n) is 1.95. The zero-order chi connectivity index (χ0) is 17.4. The van der Waals surface area contributed by atoms with Crippen LogP contribution in [-0.2, 0) is 4.79 Å². The number of nitrogens with zero attached hydrogens (tertiary/aromatic N) is 1. The summed E-state index contributed by atoms with van der Waals surface area (Å²) < 4.78 is 18.2. The summed E-state index contributed by atoms with van der Waals surface area (Å²) in [6.45, 7) is 4.27. The molecule has 0 aliphatic heterocycles. The molecule has 1 amide bonds. The van der Waals surface area contributed by atoms with Crippen LogP contribution in [0.2, 0.25) is 0 Å². The van der Waals surface area contributed by atoms with Gasteiger partial charge in [0.2, 0.25) is 0 Å². The van der Waals surface area contributed by atoms with Crippen molar-refractivity contribution >= 4 is 17.8 Å². The molecule has 0 unspecified atom stereocenters. The van der Waals surface area contributed by atoms with Gasteiger partial charge in [-0.25, -0.2) is 9.82 Å². The Hall–Kier alpha value is -2.89. The van der Waals surface area contributed by atoms with E-state index in [9.17, 15) is 9.18 Å². The van der Waals surface area contributed by atoms with E-state index in [1.54, 1.807) is 19.1 Å². The molecule has 24 heavy (non-hydrogen) atoms. The average Bonchev–Trinajstić information content (AvgIpc) is 2.58. The third-order valence-corrected chi connectivity index (χ3v) is 3.20. The van der Waals surface area contributed by atoms with Gasteiger partial charge in [-0.05, 0) is 55.8 Å². The third-order valence-electron chi connectivity index (χ3n) is 3.20. The molecule has 126 valence electrons. The Morgan fingerprint density at radius 3 is 2.50 bits per heavy atom. The van der Waals surface area contributed by atoms with E-state index in [-0.39, 0.29) is 11.7 Å². The van der Waals surface area contributed by atoms with E-state index < -0.39 is 6.04 Å². The molecule has 2 N–H and O–H groups in total. The largest absolute Gasteiger partial charge is 0.494 e. The standard InChI is InChI=1S/C18H20FN3O2/c1-3-24-17-10-8-16(9-11-17)21-13(2)18(23)22-20-12-14-4-6-15(19)7-5-14/h4-13,21H,3H2,1-2H3,(H,22,23)/b20-12-/t13-/m0/s1. The van der Waals surface area contributed by atoms with Crippen LogP contribution in [0.25, 0.3) is 0 Å². The molecule has 0 fully saturated rings. The molecule has 0 aliphatic carbocycles. The molecule has 0 saturated carbocycles. The molecule has 2 aromatic rings. The Morgan fingerprint density at radius 1 is 1.21 bits per heavy atom. The van der Waals surface area contributed by atoms with Gasteiger partial charge in [-0.3, -0.25) is 4.79 Å². The predicted molar refractivity (Wildman–Crippen MR) is 92.8 cm³/mol. The van der Waals surface area contributed by atoms with E-state index in [1.165, 1.54) is 18.3 Å². The Kier molecular flexibility index (Phi) is 6.31. The maximum absolute atomic E-state index is 12.8. The minimum Gasteiger partial charge on any atom is -0.494 e. The fraction of sp³-hybridized carbons (Fsp3) is 0.222. The molecule has 0 aromatic heterocycles. The number of hydrazone groups is 1. The normalized spacial score (nSPS) is 12.0. The molecule has 2 rings (SSSR count). The van der Waals surface area contributed by atoms with Gasteiger partial charge in [-0.2, -0.15) is 5.10 Å². The number of anilines is 1. The van der Waals surface area contributed by atoms with Crippen LogP contribution < -0.4 is 15.5 Å². The highest BCUT2D eigenvalue weighted by Crippen LogP contribution is 2.16. The SMILES string of the molecule is CCOc1ccc(N[C@@H](C)C(=O)N/N=C\c2ccc(F)cc2)cc1. The van der Waals surface area contributed by atoms with Crippen LogP contribution in [0.1, 0.15) is 19.4 Å². The highest BCUT2D eigenvalue weighted by atomic mass is 19.1. The van der Waals surface area contributed by atoms with Crippen LogP contribution in [0.15, 0.2) is 53.6 Å². The van der Waals surface area contributed by atoms with Crippen LogP contribution in [0.3, 0.4) is 0 Å². The Labute approximate surface area is 140 Å². The molecule has 0 heterocycles. The van der Waals surface area contributed by atoms with Crippen molar-refractivity contribution in [2.24, 2.45) is 5.10 Å². The molecule has 6 heteroatoms. The van der Waals surface area contributed by atoms with Crippen molar-refractivity contribution in [3.63, 3.8) is 0 Å². The smallest absolute Gasteiger partial charge is 0.262 e. The predicted octanol–water partition coefficient (Wildman–Crippen LogP) is 3.18. The van der Waals surface area contributed by atoms with Crippen molar-refractivity contribution in [3.05, 3.63) is 59.9 Å². The van der Waals surface area contributed by atoms with Crippen molar-refractivity contribution in [3.8, 4) is 5.75 Å². The van der Waals surface area contributed by atoms with Crippen molar-refractivity contribution in [1.82, 2.24) is 5.43 Å². The monoisotopic (exact) mass is 329 g/mol. The molecule has 5 nitrogen and oxygen atoms in total. The van der Waals surface area contributed by atoms with Crippen LogP contribution >= 0.6 is 0 Å². The van der Waals surface area contributed by atoms with Gasteiger partial charge >= 0.3 is 0 Å². The van der Waals surface area contributed by atoms with Gasteiger partial charge in [-0.1, -0.05) is 12.1 Å². The molecular weight excluding hydrogens is 309 g/mol. The van der Waals surface area contributed by atoms with Gasteiger partial charge < -0.3 is 10.1 Å². The zero-order valence-corrected chi connectivity index (χ0v) is 13.6. The van der Waals surface area contributed by atoms with E-state index in [4.69, 9.17) is 4.74 Å². The second kappa shape index (κ2) is 8.67. The number of benzene rings is 2. The molecule has 2 aromatic carbocycles. The number of carbonyl (C=O) groups is 1. The average molecular weight is 329 g/mol. The minimum absolute atomic E-state index is 0.276. The maximum Gasteiger partial charge on any atom is 0.262 e. The maximum atomic E-state index is 12.8. The van der Waals surface area contributed by atoms with Crippen LogP contribution in [0.4, 0.5) is 10.1 Å². The van der Waals surface area contributed by atoms with E-state index in [2.05, 4.69) is 15.8 Å². The lowest BCUT2D eigenvalue weighted by Crippen LogP contribution is -2.34. The highest BCUT2D eigenvalue weighted by molar-refractivity contribution is 5.86. The minimum atomic E-state index is -0.465. The molecule has 0 saturated heterocycles. The Bertz CT molecular complexity index is 684. The topological polar surface area (TPSA) is 62.7 Å². The molecule has 0 radical (unpaired) electrons. The van der Waals surface area contributed by atoms with Gasteiger partial charge in [0, 0.05) is 5.69 Å². The van der Waals surface area contributed by atoms with Gasteiger partial charge in [0.15, 0.2) is 0 Å². The lowest BCUT2D eigenvalue weighted by molar-refractivity contribution is -0.121. The van der Waals surface area contributed by atoms with Gasteiger partial charge in [-0.15, -0.1) is 0 Å². The number of carbonyl (C=O) groups excluding carboxylic acids is 1. The Morgan fingerprint density at radius 2 is 1.88 bits per heavy atom. The van der Waals surface area contributed by atoms with Crippen molar-refractivity contribution in [2.45, 2.75) is 19.9 Å². The highest BCUT2D eigenvalue weighted by Gasteiger charge is 2.11. The lowest BCUT2D eigenvalue weighted by Gasteiger charge is -2.13. The first kappa shape index (κ1) is 17.5. The number of ether oxygens (including phenoxy) is 1. The Balaban J connectivity index is 1.84. The van der Waals surface area contributed by atoms with Crippen molar-refractivity contribution in [2.75, 3.05) is 11.9 Å². The summed E-state index contributed by atoms with van der Waals surface area (Å²) in [4.78, 5) is 12.0. The first-order chi connectivity index (χ1) is 11.6.